The Balaban J connectivity index is 1.38. The lowest BCUT2D eigenvalue weighted by Gasteiger charge is -2.30. The zero-order valence-corrected chi connectivity index (χ0v) is 28.0. The molecule has 0 aliphatic carbocycles. The zero-order valence-electron chi connectivity index (χ0n) is 28.0. The van der Waals surface area contributed by atoms with Gasteiger partial charge in [0, 0.05) is 44.2 Å². The average molecular weight is 667 g/mol. The van der Waals surface area contributed by atoms with Crippen LogP contribution in [0.1, 0.15) is 0 Å². The van der Waals surface area contributed by atoms with E-state index < -0.39 is 0 Å². The monoisotopic (exact) mass is 666 g/mol. The van der Waals surface area contributed by atoms with Crippen molar-refractivity contribution in [2.45, 2.75) is 0 Å². The van der Waals surface area contributed by atoms with Gasteiger partial charge in [-0.3, -0.25) is 14.3 Å². The molecule has 7 aromatic carbocycles. The number of para-hydroxylation sites is 4. The fraction of sp³-hybridized carbons (Fsp3) is 0. The van der Waals surface area contributed by atoms with E-state index in [4.69, 9.17) is 9.97 Å². The van der Waals surface area contributed by atoms with Gasteiger partial charge in [0.2, 0.25) is 5.95 Å². The maximum atomic E-state index is 14.8. The molecule has 5 nitrogen and oxygen atoms in total. The molecule has 0 fully saturated rings. The minimum atomic E-state index is -0.0539. The third kappa shape index (κ3) is 4.67. The van der Waals surface area contributed by atoms with E-state index in [-0.39, 0.29) is 5.56 Å². The summed E-state index contributed by atoms with van der Waals surface area (Å²) in [6.07, 6.45) is 0. The molecule has 10 rings (SSSR count). The van der Waals surface area contributed by atoms with Gasteiger partial charge in [0.1, 0.15) is 0 Å². The van der Waals surface area contributed by atoms with Crippen LogP contribution in [-0.4, -0.2) is 14.5 Å². The first-order valence-corrected chi connectivity index (χ1v) is 17.4. The van der Waals surface area contributed by atoms with Crippen molar-refractivity contribution in [2.75, 3.05) is 4.90 Å². The summed E-state index contributed by atoms with van der Waals surface area (Å²) in [6, 6.07) is 61.8. The minimum Gasteiger partial charge on any atom is -0.278 e. The number of benzene rings is 7. The maximum Gasteiger partial charge on any atom is 0.263 e. The molecule has 5 heteroatoms. The molecule has 2 aromatic heterocycles. The molecule has 0 atom stereocenters. The second kappa shape index (κ2) is 12.0. The van der Waals surface area contributed by atoms with Gasteiger partial charge >= 0.3 is 0 Å². The van der Waals surface area contributed by atoms with Crippen molar-refractivity contribution in [1.29, 1.82) is 0 Å². The molecule has 52 heavy (non-hydrogen) atoms. The first-order valence-electron chi connectivity index (χ1n) is 17.4. The summed E-state index contributed by atoms with van der Waals surface area (Å²) < 4.78 is 1.92. The van der Waals surface area contributed by atoms with Crippen molar-refractivity contribution < 1.29 is 0 Å². The number of aromatic nitrogens is 3. The first-order chi connectivity index (χ1) is 25.7. The van der Waals surface area contributed by atoms with Crippen LogP contribution in [0.3, 0.4) is 0 Å². The molecule has 244 valence electrons. The highest BCUT2D eigenvalue weighted by molar-refractivity contribution is 6.12. The molecule has 3 heterocycles. The molecule has 0 unspecified atom stereocenters. The average Bonchev–Trinajstić information content (AvgIpc) is 3.22. The van der Waals surface area contributed by atoms with Crippen LogP contribution in [0.25, 0.3) is 72.1 Å². The van der Waals surface area contributed by atoms with E-state index in [1.54, 1.807) is 0 Å². The van der Waals surface area contributed by atoms with E-state index in [1.165, 1.54) is 0 Å². The van der Waals surface area contributed by atoms with Crippen molar-refractivity contribution in [1.82, 2.24) is 14.5 Å². The number of hydrogen-bond donors (Lipinski definition) is 0. The zero-order chi connectivity index (χ0) is 34.6. The van der Waals surface area contributed by atoms with Crippen LogP contribution >= 0.6 is 0 Å². The maximum absolute atomic E-state index is 14.8. The molecule has 0 saturated heterocycles. The van der Waals surface area contributed by atoms with Crippen LogP contribution in [0.4, 0.5) is 17.3 Å². The number of nitrogens with zero attached hydrogens (tertiary/aromatic N) is 4. The number of pyridine rings is 1. The Bertz CT molecular complexity index is 2820. The summed E-state index contributed by atoms with van der Waals surface area (Å²) in [7, 11) is 0. The predicted molar refractivity (Wildman–Crippen MR) is 213 cm³/mol. The fourth-order valence-electron chi connectivity index (χ4n) is 7.66. The fourth-order valence-corrected chi connectivity index (χ4v) is 7.66. The third-order valence-corrected chi connectivity index (χ3v) is 9.98. The van der Waals surface area contributed by atoms with Gasteiger partial charge in [-0.15, -0.1) is 0 Å². The number of fused-ring (bicyclic) bond motifs is 8. The van der Waals surface area contributed by atoms with Crippen LogP contribution in [0, 0.1) is 0 Å². The summed E-state index contributed by atoms with van der Waals surface area (Å²) in [6.45, 7) is 0. The van der Waals surface area contributed by atoms with Crippen LogP contribution in [0.15, 0.2) is 187 Å². The van der Waals surface area contributed by atoms with Crippen LogP contribution in [0.5, 0.6) is 0 Å². The molecular weight excluding hydrogens is 637 g/mol. The lowest BCUT2D eigenvalue weighted by Crippen LogP contribution is -2.22. The number of rotatable bonds is 3. The second-order valence-electron chi connectivity index (χ2n) is 12.9. The van der Waals surface area contributed by atoms with Crippen molar-refractivity contribution in [3.63, 3.8) is 0 Å². The summed E-state index contributed by atoms with van der Waals surface area (Å²) in [5.41, 5.74) is 10.8. The Labute approximate surface area is 300 Å². The Kier molecular flexibility index (Phi) is 6.89. The van der Waals surface area contributed by atoms with E-state index in [0.717, 1.165) is 78.1 Å². The molecular formula is C47H30N4O. The molecule has 0 radical (unpaired) electrons. The first kappa shape index (κ1) is 29.8. The standard InChI is InChI=1S/C47H30N4O/c52-46-39-24-8-7-20-33(39)37-25-15-26-38-36-23-11-13-28-43(36)50(42-27-12-9-21-34(42)35-22-10-14-29-44(35)51(46)45(37)38)47-48-40(31-16-3-1-4-17-31)30-41(49-47)32-18-5-2-6-19-32/h1-30H. The van der Waals surface area contributed by atoms with E-state index in [2.05, 4.69) is 114 Å². The van der Waals surface area contributed by atoms with E-state index in [0.29, 0.717) is 11.3 Å². The van der Waals surface area contributed by atoms with Gasteiger partial charge in [0.15, 0.2) is 0 Å². The second-order valence-corrected chi connectivity index (χ2v) is 12.9. The Morgan fingerprint density at radius 1 is 0.385 bits per heavy atom. The van der Waals surface area contributed by atoms with Gasteiger partial charge in [-0.25, -0.2) is 9.97 Å². The molecule has 0 saturated carbocycles. The summed E-state index contributed by atoms with van der Waals surface area (Å²) in [5, 5.41) is 2.62. The Hall–Kier alpha value is -7.11. The van der Waals surface area contributed by atoms with Crippen molar-refractivity contribution in [2.24, 2.45) is 0 Å². The van der Waals surface area contributed by atoms with E-state index in [1.807, 2.05) is 77.4 Å². The summed E-state index contributed by atoms with van der Waals surface area (Å²) >= 11 is 0. The highest BCUT2D eigenvalue weighted by Gasteiger charge is 2.28. The topological polar surface area (TPSA) is 51.0 Å². The molecule has 9 aromatic rings. The van der Waals surface area contributed by atoms with Crippen molar-refractivity contribution in [3.05, 3.63) is 192 Å². The van der Waals surface area contributed by atoms with Gasteiger partial charge in [0.05, 0.1) is 34.0 Å². The van der Waals surface area contributed by atoms with E-state index >= 15 is 0 Å². The molecule has 0 spiro atoms. The number of anilines is 3. The smallest absolute Gasteiger partial charge is 0.263 e. The molecule has 1 aliphatic rings. The number of hydrogen-bond acceptors (Lipinski definition) is 4. The van der Waals surface area contributed by atoms with Gasteiger partial charge in [-0.2, -0.15) is 0 Å². The quantitative estimate of drug-likeness (QED) is 0.176. The van der Waals surface area contributed by atoms with Gasteiger partial charge in [0.25, 0.3) is 5.56 Å². The summed E-state index contributed by atoms with van der Waals surface area (Å²) in [5.74, 6) is 0.543. The summed E-state index contributed by atoms with van der Waals surface area (Å²) in [4.78, 5) is 27.6. The van der Waals surface area contributed by atoms with Crippen molar-refractivity contribution in [3.8, 4) is 50.5 Å². The predicted octanol–water partition coefficient (Wildman–Crippen LogP) is 11.4. The van der Waals surface area contributed by atoms with Gasteiger partial charge in [-0.1, -0.05) is 152 Å². The van der Waals surface area contributed by atoms with Crippen LogP contribution < -0.4 is 10.5 Å². The molecule has 1 aliphatic heterocycles. The highest BCUT2D eigenvalue weighted by Crippen LogP contribution is 2.48. The molecule has 0 N–H and O–H groups in total. The lowest BCUT2D eigenvalue weighted by molar-refractivity contribution is 1.06. The third-order valence-electron chi connectivity index (χ3n) is 9.98. The lowest BCUT2D eigenvalue weighted by atomic mass is 9.93. The van der Waals surface area contributed by atoms with Crippen LogP contribution in [-0.2, 0) is 0 Å². The normalized spacial score (nSPS) is 11.9. The Morgan fingerprint density at radius 2 is 0.827 bits per heavy atom. The molecule has 0 amide bonds. The van der Waals surface area contributed by atoms with E-state index in [9.17, 15) is 4.79 Å². The Morgan fingerprint density at radius 3 is 1.44 bits per heavy atom. The van der Waals surface area contributed by atoms with Gasteiger partial charge in [-0.05, 0) is 35.7 Å². The SMILES string of the molecule is O=c1c2ccccc2c2cccc3c2n1-c1ccccc1-c1ccccc1N(c1nc(-c2ccccc2)cc(-c2ccccc2)n1)c1ccccc1-3. The van der Waals surface area contributed by atoms with Crippen LogP contribution in [0.2, 0.25) is 0 Å². The van der Waals surface area contributed by atoms with Gasteiger partial charge < -0.3 is 0 Å². The molecule has 0 bridgehead atoms. The minimum absolute atomic E-state index is 0.0539. The van der Waals surface area contributed by atoms with Crippen molar-refractivity contribution >= 4 is 39.0 Å². The highest BCUT2D eigenvalue weighted by atomic mass is 16.1. The largest absolute Gasteiger partial charge is 0.278 e.